The molecule has 1 aromatic carbocycles. The molecule has 0 aliphatic heterocycles. The fourth-order valence-electron chi connectivity index (χ4n) is 1.92. The molecule has 0 aliphatic carbocycles. The van der Waals surface area contributed by atoms with Gasteiger partial charge in [-0.05, 0) is 31.4 Å². The molecule has 2 unspecified atom stereocenters. The molecule has 0 aliphatic rings. The van der Waals surface area contributed by atoms with Crippen LogP contribution in [0.5, 0.6) is 0 Å². The fraction of sp³-hybridized carbons (Fsp3) is 0.533. The molecular formula is C15H21F3N2O. The maximum Gasteiger partial charge on any atom is 0.416 e. The van der Waals surface area contributed by atoms with Crippen LogP contribution < -0.4 is 11.1 Å². The van der Waals surface area contributed by atoms with Crippen LogP contribution in [-0.4, -0.2) is 18.5 Å². The van der Waals surface area contributed by atoms with Gasteiger partial charge in [0, 0.05) is 18.5 Å². The number of carbonyl (C=O) groups is 1. The second-order valence-electron chi connectivity index (χ2n) is 5.36. The summed E-state index contributed by atoms with van der Waals surface area (Å²) in [6, 6.07) is 5.08. The fourth-order valence-corrected chi connectivity index (χ4v) is 1.92. The second kappa shape index (κ2) is 7.45. The lowest BCUT2D eigenvalue weighted by Crippen LogP contribution is -2.33. The Bertz CT molecular complexity index is 472. The second-order valence-corrected chi connectivity index (χ2v) is 5.36. The lowest BCUT2D eigenvalue weighted by atomic mass is 9.98. The quantitative estimate of drug-likeness (QED) is 0.849. The molecule has 2 atom stereocenters. The molecular weight excluding hydrogens is 281 g/mol. The van der Waals surface area contributed by atoms with Gasteiger partial charge >= 0.3 is 6.18 Å². The van der Waals surface area contributed by atoms with Crippen molar-refractivity contribution < 1.29 is 18.0 Å². The average Bonchev–Trinajstić information content (AvgIpc) is 2.37. The van der Waals surface area contributed by atoms with E-state index in [0.717, 1.165) is 12.1 Å². The molecule has 0 bridgehead atoms. The zero-order valence-electron chi connectivity index (χ0n) is 12.2. The summed E-state index contributed by atoms with van der Waals surface area (Å²) in [6.45, 7) is 4.02. The third-order valence-corrected chi connectivity index (χ3v) is 3.14. The van der Waals surface area contributed by atoms with Crippen molar-refractivity contribution in [2.45, 2.75) is 38.9 Å². The van der Waals surface area contributed by atoms with Crippen molar-refractivity contribution in [1.29, 1.82) is 0 Å². The number of nitrogens with one attached hydrogen (secondary N) is 1. The van der Waals surface area contributed by atoms with E-state index in [2.05, 4.69) is 5.32 Å². The maximum absolute atomic E-state index is 12.6. The first-order valence-corrected chi connectivity index (χ1v) is 6.89. The van der Waals surface area contributed by atoms with E-state index in [4.69, 9.17) is 5.73 Å². The van der Waals surface area contributed by atoms with E-state index in [1.54, 1.807) is 13.0 Å². The number of halogens is 3. The van der Waals surface area contributed by atoms with Crippen LogP contribution in [-0.2, 0) is 17.4 Å². The van der Waals surface area contributed by atoms with E-state index in [0.29, 0.717) is 18.5 Å². The van der Waals surface area contributed by atoms with Crippen LogP contribution in [0.4, 0.5) is 13.2 Å². The van der Waals surface area contributed by atoms with Crippen molar-refractivity contribution in [3.8, 4) is 0 Å². The highest BCUT2D eigenvalue weighted by molar-refractivity contribution is 5.78. The minimum atomic E-state index is -4.36. The SMILES string of the molecule is CC(N)CCNC(=O)C(C)Cc1cccc(C(F)(F)F)c1. The zero-order chi connectivity index (χ0) is 16.0. The van der Waals surface area contributed by atoms with Crippen LogP contribution in [0.25, 0.3) is 0 Å². The van der Waals surface area contributed by atoms with Crippen molar-refractivity contribution in [3.63, 3.8) is 0 Å². The molecule has 3 nitrogen and oxygen atoms in total. The summed E-state index contributed by atoms with van der Waals surface area (Å²) in [5.41, 5.74) is 5.39. The molecule has 1 aromatic rings. The average molecular weight is 302 g/mol. The van der Waals surface area contributed by atoms with Crippen LogP contribution in [0, 0.1) is 5.92 Å². The van der Waals surface area contributed by atoms with Gasteiger partial charge in [-0.2, -0.15) is 13.2 Å². The number of hydrogen-bond acceptors (Lipinski definition) is 2. The van der Waals surface area contributed by atoms with Gasteiger partial charge in [-0.15, -0.1) is 0 Å². The first kappa shape index (κ1) is 17.5. The number of rotatable bonds is 6. The van der Waals surface area contributed by atoms with Gasteiger partial charge in [0.05, 0.1) is 5.56 Å². The largest absolute Gasteiger partial charge is 0.416 e. The summed E-state index contributed by atoms with van der Waals surface area (Å²) in [5, 5.41) is 2.74. The Balaban J connectivity index is 2.58. The van der Waals surface area contributed by atoms with Crippen molar-refractivity contribution >= 4 is 5.91 Å². The predicted octanol–water partition coefficient (Wildman–Crippen LogP) is 2.74. The summed E-state index contributed by atoms with van der Waals surface area (Å²) in [5.74, 6) is -0.561. The van der Waals surface area contributed by atoms with E-state index in [9.17, 15) is 18.0 Å². The first-order chi connectivity index (χ1) is 9.70. The minimum absolute atomic E-state index is 0.00377. The Labute approximate surface area is 122 Å². The Morgan fingerprint density at radius 3 is 2.57 bits per heavy atom. The Hall–Kier alpha value is -1.56. The molecule has 0 heterocycles. The van der Waals surface area contributed by atoms with Crippen molar-refractivity contribution in [2.24, 2.45) is 11.7 Å². The summed E-state index contributed by atoms with van der Waals surface area (Å²) < 4.78 is 37.8. The number of benzene rings is 1. The first-order valence-electron chi connectivity index (χ1n) is 6.89. The third-order valence-electron chi connectivity index (χ3n) is 3.14. The van der Waals surface area contributed by atoms with Gasteiger partial charge in [0.25, 0.3) is 0 Å². The summed E-state index contributed by atoms with van der Waals surface area (Å²) >= 11 is 0. The third kappa shape index (κ3) is 6.16. The minimum Gasteiger partial charge on any atom is -0.356 e. The Kier molecular flexibility index (Phi) is 6.20. The van der Waals surface area contributed by atoms with Gasteiger partial charge in [0.2, 0.25) is 5.91 Å². The molecule has 0 fully saturated rings. The van der Waals surface area contributed by atoms with Gasteiger partial charge in [-0.3, -0.25) is 4.79 Å². The normalized spacial score (nSPS) is 14.6. The highest BCUT2D eigenvalue weighted by Gasteiger charge is 2.30. The summed E-state index contributed by atoms with van der Waals surface area (Å²) in [4.78, 5) is 11.8. The Morgan fingerprint density at radius 2 is 2.00 bits per heavy atom. The molecule has 1 rings (SSSR count). The van der Waals surface area contributed by atoms with Crippen molar-refractivity contribution in [1.82, 2.24) is 5.32 Å². The predicted molar refractivity (Wildman–Crippen MR) is 75.6 cm³/mol. The number of alkyl halides is 3. The number of amides is 1. The maximum atomic E-state index is 12.6. The van der Waals surface area contributed by atoms with Crippen LogP contribution in [0.2, 0.25) is 0 Å². The molecule has 118 valence electrons. The number of hydrogen-bond donors (Lipinski definition) is 2. The molecule has 0 radical (unpaired) electrons. The molecule has 0 saturated heterocycles. The van der Waals surface area contributed by atoms with E-state index in [1.165, 1.54) is 6.07 Å². The number of carbonyl (C=O) groups excluding carboxylic acids is 1. The highest BCUT2D eigenvalue weighted by atomic mass is 19.4. The standard InChI is InChI=1S/C15H21F3N2O/c1-10(14(21)20-7-6-11(2)19)8-12-4-3-5-13(9-12)15(16,17)18/h3-5,9-11H,6-8,19H2,1-2H3,(H,20,21). The topological polar surface area (TPSA) is 55.1 Å². The van der Waals surface area contributed by atoms with Crippen LogP contribution in [0.1, 0.15) is 31.4 Å². The molecule has 1 amide bonds. The highest BCUT2D eigenvalue weighted by Crippen LogP contribution is 2.29. The zero-order valence-corrected chi connectivity index (χ0v) is 12.2. The van der Waals surface area contributed by atoms with E-state index < -0.39 is 11.7 Å². The lowest BCUT2D eigenvalue weighted by molar-refractivity contribution is -0.137. The van der Waals surface area contributed by atoms with Gasteiger partial charge < -0.3 is 11.1 Å². The lowest BCUT2D eigenvalue weighted by Gasteiger charge is -2.14. The molecule has 0 saturated carbocycles. The molecule has 6 heteroatoms. The molecule has 0 aromatic heterocycles. The van der Waals surface area contributed by atoms with Crippen LogP contribution in [0.15, 0.2) is 24.3 Å². The van der Waals surface area contributed by atoms with E-state index in [-0.39, 0.29) is 24.3 Å². The smallest absolute Gasteiger partial charge is 0.356 e. The molecule has 3 N–H and O–H groups in total. The van der Waals surface area contributed by atoms with Crippen LogP contribution >= 0.6 is 0 Å². The van der Waals surface area contributed by atoms with Gasteiger partial charge in [0.15, 0.2) is 0 Å². The summed E-state index contributed by atoms with van der Waals surface area (Å²) in [7, 11) is 0. The van der Waals surface area contributed by atoms with Gasteiger partial charge in [-0.1, -0.05) is 25.1 Å². The Morgan fingerprint density at radius 1 is 1.33 bits per heavy atom. The van der Waals surface area contributed by atoms with Crippen molar-refractivity contribution in [3.05, 3.63) is 35.4 Å². The molecule has 0 spiro atoms. The van der Waals surface area contributed by atoms with Crippen molar-refractivity contribution in [2.75, 3.05) is 6.54 Å². The number of nitrogens with two attached hydrogens (primary N) is 1. The molecule has 21 heavy (non-hydrogen) atoms. The van der Waals surface area contributed by atoms with Crippen LogP contribution in [0.3, 0.4) is 0 Å². The summed E-state index contributed by atoms with van der Waals surface area (Å²) in [6.07, 6.45) is -3.42. The monoisotopic (exact) mass is 302 g/mol. The van der Waals surface area contributed by atoms with E-state index >= 15 is 0 Å². The van der Waals surface area contributed by atoms with Gasteiger partial charge in [0.1, 0.15) is 0 Å². The van der Waals surface area contributed by atoms with Gasteiger partial charge in [-0.25, -0.2) is 0 Å². The van der Waals surface area contributed by atoms with E-state index in [1.807, 2.05) is 6.92 Å².